The Labute approximate surface area is 204 Å². The summed E-state index contributed by atoms with van der Waals surface area (Å²) in [5.41, 5.74) is 1.83. The Hall–Kier alpha value is -4.33. The molecule has 3 aromatic rings. The molecule has 35 heavy (non-hydrogen) atoms. The molecule has 0 bridgehead atoms. The van der Waals surface area contributed by atoms with Crippen LogP contribution in [0.25, 0.3) is 5.65 Å². The van der Waals surface area contributed by atoms with E-state index in [0.29, 0.717) is 48.0 Å². The molecule has 1 fully saturated rings. The number of nitriles is 2. The fourth-order valence-electron chi connectivity index (χ4n) is 3.92. The summed E-state index contributed by atoms with van der Waals surface area (Å²) in [4.78, 5) is 21.7. The Morgan fingerprint density at radius 1 is 1.34 bits per heavy atom. The van der Waals surface area contributed by atoms with E-state index in [-0.39, 0.29) is 16.7 Å². The predicted octanol–water partition coefficient (Wildman–Crippen LogP) is 2.17. The van der Waals surface area contributed by atoms with Crippen molar-refractivity contribution in [3.05, 3.63) is 34.6 Å². The van der Waals surface area contributed by atoms with Crippen molar-refractivity contribution in [3.63, 3.8) is 0 Å². The van der Waals surface area contributed by atoms with Crippen LogP contribution in [0.2, 0.25) is 5.02 Å². The molecular formula is C21H21ClN10O3. The molecule has 0 radical (unpaired) electrons. The molecular weight excluding hydrogens is 476 g/mol. The molecule has 13 nitrogen and oxygen atoms in total. The molecule has 1 amide bonds. The third-order valence-corrected chi connectivity index (χ3v) is 5.87. The average molecular weight is 497 g/mol. The van der Waals surface area contributed by atoms with Gasteiger partial charge >= 0.3 is 6.09 Å². The molecule has 1 saturated heterocycles. The Balaban J connectivity index is 1.72. The number of ether oxygens (including phenoxy) is 1. The summed E-state index contributed by atoms with van der Waals surface area (Å²) < 4.78 is 6.80. The highest BCUT2D eigenvalue weighted by molar-refractivity contribution is 6.36. The van der Waals surface area contributed by atoms with E-state index in [0.717, 1.165) is 0 Å². The number of nitrogens with one attached hydrogen (secondary N) is 3. The van der Waals surface area contributed by atoms with Crippen molar-refractivity contribution >= 4 is 46.5 Å². The average Bonchev–Trinajstić information content (AvgIpc) is 3.43. The van der Waals surface area contributed by atoms with Crippen LogP contribution in [0.15, 0.2) is 18.3 Å². The number of hydrogen-bond acceptors (Lipinski definition) is 10. The molecule has 0 spiro atoms. The first kappa shape index (κ1) is 23.8. The van der Waals surface area contributed by atoms with Crippen molar-refractivity contribution < 1.29 is 14.6 Å². The molecule has 4 N–H and O–H groups in total. The number of halogens is 1. The Morgan fingerprint density at radius 3 is 2.80 bits per heavy atom. The topological polar surface area (TPSA) is 177 Å². The van der Waals surface area contributed by atoms with Crippen LogP contribution in [0.1, 0.15) is 18.2 Å². The second-order valence-corrected chi connectivity index (χ2v) is 8.01. The Morgan fingerprint density at radius 2 is 2.14 bits per heavy atom. The van der Waals surface area contributed by atoms with Crippen LogP contribution in [0.3, 0.4) is 0 Å². The summed E-state index contributed by atoms with van der Waals surface area (Å²) in [5.74, 6) is 0.553. The largest absolute Gasteiger partial charge is 0.465 e. The molecule has 0 saturated carbocycles. The van der Waals surface area contributed by atoms with Gasteiger partial charge in [0.05, 0.1) is 46.4 Å². The van der Waals surface area contributed by atoms with Crippen LogP contribution in [0.4, 0.5) is 27.9 Å². The fourth-order valence-corrected chi connectivity index (χ4v) is 4.19. The summed E-state index contributed by atoms with van der Waals surface area (Å²) in [5, 5.41) is 41.4. The zero-order chi connectivity index (χ0) is 25.1. The molecule has 1 aliphatic heterocycles. The van der Waals surface area contributed by atoms with E-state index in [1.54, 1.807) is 12.1 Å². The molecule has 1 aromatic carbocycles. The maximum absolute atomic E-state index is 11.2. The summed E-state index contributed by atoms with van der Waals surface area (Å²) in [6.07, 6.45) is -0.154. The van der Waals surface area contributed by atoms with E-state index in [9.17, 15) is 15.3 Å². The standard InChI is InChI=1S/C21H21ClN10O3/c1-3-25-18-19-26-8-12(7-24)32(19)30-20(29-18)27-13-4-11(6-23)5-15(17(13)22)31-9-14(28-21(33)34)16(10-31)35-2/h4-5,8,14,16,28H,3,9-10H2,1-2H3,(H,33,34)(H2,25,27,29,30)/t14-,16+/m0/s1. The predicted molar refractivity (Wildman–Crippen MR) is 127 cm³/mol. The second-order valence-electron chi connectivity index (χ2n) is 7.63. The van der Waals surface area contributed by atoms with E-state index in [1.807, 2.05) is 17.9 Å². The third-order valence-electron chi connectivity index (χ3n) is 5.47. The lowest BCUT2D eigenvalue weighted by molar-refractivity contribution is 0.0949. The van der Waals surface area contributed by atoms with Crippen LogP contribution in [-0.4, -0.2) is 69.7 Å². The first-order valence-electron chi connectivity index (χ1n) is 10.6. The van der Waals surface area contributed by atoms with Gasteiger partial charge in [-0.2, -0.15) is 20.0 Å². The van der Waals surface area contributed by atoms with Gasteiger partial charge in [0, 0.05) is 26.7 Å². The Kier molecular flexibility index (Phi) is 6.73. The van der Waals surface area contributed by atoms with Crippen LogP contribution >= 0.6 is 11.6 Å². The highest BCUT2D eigenvalue weighted by Gasteiger charge is 2.35. The number of carbonyl (C=O) groups is 1. The number of amides is 1. The summed E-state index contributed by atoms with van der Waals surface area (Å²) in [6.45, 7) is 3.13. The molecule has 4 rings (SSSR count). The molecule has 2 atom stereocenters. The molecule has 2 aromatic heterocycles. The number of methoxy groups -OCH3 is 1. The molecule has 180 valence electrons. The number of aromatic nitrogens is 4. The number of imidazole rings is 1. The van der Waals surface area contributed by atoms with E-state index in [1.165, 1.54) is 17.8 Å². The molecule has 3 heterocycles. The number of anilines is 4. The number of fused-ring (bicyclic) bond motifs is 1. The second kappa shape index (κ2) is 9.89. The fraction of sp³-hybridized carbons (Fsp3) is 0.333. The number of benzene rings is 1. The first-order valence-corrected chi connectivity index (χ1v) is 10.9. The van der Waals surface area contributed by atoms with Crippen LogP contribution in [0.5, 0.6) is 0 Å². The van der Waals surface area contributed by atoms with Gasteiger partial charge < -0.3 is 30.7 Å². The quantitative estimate of drug-likeness (QED) is 0.376. The molecule has 1 aliphatic rings. The van der Waals surface area contributed by atoms with Crippen molar-refractivity contribution in [2.75, 3.05) is 42.3 Å². The highest BCUT2D eigenvalue weighted by atomic mass is 35.5. The van der Waals surface area contributed by atoms with E-state index in [4.69, 9.17) is 21.4 Å². The van der Waals surface area contributed by atoms with Gasteiger partial charge in [-0.15, -0.1) is 5.10 Å². The van der Waals surface area contributed by atoms with Gasteiger partial charge in [-0.3, -0.25) is 0 Å². The minimum absolute atomic E-state index is 0.132. The normalized spacial score (nSPS) is 17.1. The maximum atomic E-state index is 11.2. The van der Waals surface area contributed by atoms with Gasteiger partial charge in [-0.25, -0.2) is 9.78 Å². The van der Waals surface area contributed by atoms with E-state index in [2.05, 4.69) is 37.1 Å². The van der Waals surface area contributed by atoms with Crippen molar-refractivity contribution in [1.82, 2.24) is 24.9 Å². The van der Waals surface area contributed by atoms with Gasteiger partial charge in [0.25, 0.3) is 0 Å². The smallest absolute Gasteiger partial charge is 0.405 e. The number of hydrogen-bond donors (Lipinski definition) is 4. The minimum atomic E-state index is -1.15. The third kappa shape index (κ3) is 4.68. The van der Waals surface area contributed by atoms with Crippen molar-refractivity contribution in [1.29, 1.82) is 10.5 Å². The van der Waals surface area contributed by atoms with Crippen LogP contribution in [-0.2, 0) is 4.74 Å². The van der Waals surface area contributed by atoms with Crippen LogP contribution < -0.4 is 20.9 Å². The summed E-state index contributed by atoms with van der Waals surface area (Å²) in [6, 6.07) is 6.85. The van der Waals surface area contributed by atoms with E-state index < -0.39 is 18.2 Å². The van der Waals surface area contributed by atoms with Crippen molar-refractivity contribution in [2.24, 2.45) is 0 Å². The monoisotopic (exact) mass is 496 g/mol. The van der Waals surface area contributed by atoms with Gasteiger partial charge in [0.15, 0.2) is 17.2 Å². The zero-order valence-corrected chi connectivity index (χ0v) is 19.5. The first-order chi connectivity index (χ1) is 16.9. The molecule has 14 heteroatoms. The van der Waals surface area contributed by atoms with Crippen molar-refractivity contribution in [2.45, 2.75) is 19.1 Å². The van der Waals surface area contributed by atoms with Crippen LogP contribution in [0, 0.1) is 22.7 Å². The van der Waals surface area contributed by atoms with Gasteiger partial charge in [-0.05, 0) is 19.1 Å². The lowest BCUT2D eigenvalue weighted by Crippen LogP contribution is -2.42. The number of carboxylic acid groups (broad SMARTS) is 1. The maximum Gasteiger partial charge on any atom is 0.405 e. The molecule has 0 aliphatic carbocycles. The lowest BCUT2D eigenvalue weighted by Gasteiger charge is -2.22. The zero-order valence-electron chi connectivity index (χ0n) is 18.8. The lowest BCUT2D eigenvalue weighted by atomic mass is 10.1. The van der Waals surface area contributed by atoms with Gasteiger partial charge in [0.1, 0.15) is 6.07 Å². The highest BCUT2D eigenvalue weighted by Crippen LogP contribution is 2.37. The number of nitrogens with zero attached hydrogens (tertiary/aromatic N) is 7. The van der Waals surface area contributed by atoms with Crippen molar-refractivity contribution in [3.8, 4) is 12.1 Å². The minimum Gasteiger partial charge on any atom is -0.465 e. The summed E-state index contributed by atoms with van der Waals surface area (Å²) in [7, 11) is 1.51. The SMILES string of the molecule is CCNc1nc(Nc2cc(C#N)cc(N3C[C@H](NC(=O)O)[C@H](OC)C3)c2Cl)nn2c(C#N)cnc12. The molecule has 0 unspecified atom stereocenters. The van der Waals surface area contributed by atoms with Gasteiger partial charge in [-0.1, -0.05) is 11.6 Å². The van der Waals surface area contributed by atoms with Gasteiger partial charge in [0.2, 0.25) is 5.95 Å². The van der Waals surface area contributed by atoms with E-state index >= 15 is 0 Å². The Bertz CT molecular complexity index is 1360. The number of rotatable bonds is 7. The summed E-state index contributed by atoms with van der Waals surface area (Å²) >= 11 is 6.73.